The molecule has 4 aromatic rings. The van der Waals surface area contributed by atoms with Crippen LogP contribution in [0.3, 0.4) is 0 Å². The van der Waals surface area contributed by atoms with Crippen LogP contribution in [0.2, 0.25) is 0 Å². The number of carbonyl (C=O) groups is 2. The monoisotopic (exact) mass is 443 g/mol. The molecule has 0 fully saturated rings. The molecule has 1 aromatic heterocycles. The van der Waals surface area contributed by atoms with E-state index in [1.54, 1.807) is 60.7 Å². The molecule has 7 nitrogen and oxygen atoms in total. The van der Waals surface area contributed by atoms with Gasteiger partial charge >= 0.3 is 5.97 Å². The van der Waals surface area contributed by atoms with E-state index < -0.39 is 29.0 Å². The maximum Gasteiger partial charge on any atom is 0.306 e. The van der Waals surface area contributed by atoms with Crippen LogP contribution in [0.15, 0.2) is 77.6 Å². The molecule has 1 atom stereocenters. The van der Waals surface area contributed by atoms with Crippen molar-refractivity contribution in [3.8, 4) is 11.5 Å². The molecule has 166 valence electrons. The molecule has 7 heteroatoms. The Hall–Kier alpha value is -4.39. The standard InChI is InChI=1S/C26H21NO6/c1-33-22(29)14-18(19-13-16-9-5-6-10-20(16)27-26(19)32)23-21(28)12-11-17(25(23)31)24(30)15-7-3-2-4-8-15/h2-13,18,28,31H,14H2,1H3,(H,27,32)/t18-/m1/s1. The van der Waals surface area contributed by atoms with E-state index >= 15 is 0 Å². The molecule has 0 aliphatic rings. The topological polar surface area (TPSA) is 117 Å². The van der Waals surface area contributed by atoms with Crippen molar-refractivity contribution in [3.63, 3.8) is 0 Å². The number of nitrogens with one attached hydrogen (secondary N) is 1. The van der Waals surface area contributed by atoms with Gasteiger partial charge in [-0.25, -0.2) is 0 Å². The zero-order valence-electron chi connectivity index (χ0n) is 17.7. The fourth-order valence-electron chi connectivity index (χ4n) is 3.91. The van der Waals surface area contributed by atoms with Gasteiger partial charge in [0, 0.05) is 28.1 Å². The predicted molar refractivity (Wildman–Crippen MR) is 123 cm³/mol. The lowest BCUT2D eigenvalue weighted by atomic mass is 9.85. The van der Waals surface area contributed by atoms with Gasteiger partial charge in [0.25, 0.3) is 5.56 Å². The first kappa shape index (κ1) is 21.8. The Balaban J connectivity index is 1.92. The lowest BCUT2D eigenvalue weighted by Crippen LogP contribution is -2.20. The summed E-state index contributed by atoms with van der Waals surface area (Å²) in [6.07, 6.45) is -0.331. The minimum Gasteiger partial charge on any atom is -0.508 e. The summed E-state index contributed by atoms with van der Waals surface area (Å²) in [6, 6.07) is 19.7. The number of hydrogen-bond donors (Lipinski definition) is 3. The summed E-state index contributed by atoms with van der Waals surface area (Å²) in [5.41, 5.74) is 0.460. The molecule has 0 amide bonds. The van der Waals surface area contributed by atoms with Crippen molar-refractivity contribution < 1.29 is 24.5 Å². The third-order valence-corrected chi connectivity index (χ3v) is 5.58. The van der Waals surface area contributed by atoms with Crippen LogP contribution >= 0.6 is 0 Å². The number of rotatable bonds is 6. The van der Waals surface area contributed by atoms with Crippen LogP contribution in [0.1, 0.15) is 39.4 Å². The Morgan fingerprint density at radius 2 is 1.67 bits per heavy atom. The van der Waals surface area contributed by atoms with E-state index in [2.05, 4.69) is 4.98 Å². The number of aromatic amines is 1. The normalized spacial score (nSPS) is 11.8. The van der Waals surface area contributed by atoms with Gasteiger partial charge in [0.2, 0.25) is 0 Å². The van der Waals surface area contributed by atoms with Crippen molar-refractivity contribution in [1.29, 1.82) is 0 Å². The van der Waals surface area contributed by atoms with Gasteiger partial charge in [-0.1, -0.05) is 48.5 Å². The van der Waals surface area contributed by atoms with Gasteiger partial charge in [0.15, 0.2) is 5.78 Å². The fraction of sp³-hybridized carbons (Fsp3) is 0.115. The number of hydrogen-bond acceptors (Lipinski definition) is 6. The fourth-order valence-corrected chi connectivity index (χ4v) is 3.91. The minimum atomic E-state index is -1.06. The number of para-hydroxylation sites is 1. The molecule has 1 heterocycles. The second-order valence-electron chi connectivity index (χ2n) is 7.56. The molecule has 4 rings (SSSR count). The SMILES string of the molecule is COC(=O)C[C@@H](c1c(O)ccc(C(=O)c2ccccc2)c1O)c1cc2ccccc2[nH]c1=O. The molecule has 0 bridgehead atoms. The molecule has 0 radical (unpaired) electrons. The number of H-pyrrole nitrogens is 1. The largest absolute Gasteiger partial charge is 0.508 e. The molecule has 3 N–H and O–H groups in total. The van der Waals surface area contributed by atoms with Gasteiger partial charge in [0.05, 0.1) is 19.1 Å². The Labute approximate surface area is 188 Å². The Morgan fingerprint density at radius 3 is 2.39 bits per heavy atom. The number of aromatic nitrogens is 1. The Morgan fingerprint density at radius 1 is 0.970 bits per heavy atom. The van der Waals surface area contributed by atoms with Crippen molar-refractivity contribution in [2.24, 2.45) is 0 Å². The van der Waals surface area contributed by atoms with Gasteiger partial charge in [0.1, 0.15) is 11.5 Å². The molecular formula is C26H21NO6. The van der Waals surface area contributed by atoms with Crippen LogP contribution < -0.4 is 5.56 Å². The van der Waals surface area contributed by atoms with Gasteiger partial charge in [-0.2, -0.15) is 0 Å². The lowest BCUT2D eigenvalue weighted by Gasteiger charge is -2.20. The molecule has 0 saturated carbocycles. The first-order valence-electron chi connectivity index (χ1n) is 10.2. The quantitative estimate of drug-likeness (QED) is 0.308. The predicted octanol–water partition coefficient (Wildman–Crippen LogP) is 3.87. The van der Waals surface area contributed by atoms with E-state index in [0.29, 0.717) is 16.5 Å². The number of ketones is 1. The molecular weight excluding hydrogens is 422 g/mol. The van der Waals surface area contributed by atoms with Gasteiger partial charge < -0.3 is 19.9 Å². The second-order valence-corrected chi connectivity index (χ2v) is 7.56. The first-order valence-corrected chi connectivity index (χ1v) is 10.2. The number of phenolic OH excluding ortho intramolecular Hbond substituents is 2. The van der Waals surface area contributed by atoms with Crippen LogP contribution in [-0.2, 0) is 9.53 Å². The molecule has 0 saturated heterocycles. The number of benzene rings is 3. The second kappa shape index (κ2) is 9.00. The number of aromatic hydroxyl groups is 2. The first-order chi connectivity index (χ1) is 15.9. The maximum absolute atomic E-state index is 13.0. The van der Waals surface area contributed by atoms with E-state index in [4.69, 9.17) is 4.74 Å². The smallest absolute Gasteiger partial charge is 0.306 e. The van der Waals surface area contributed by atoms with E-state index in [9.17, 15) is 24.6 Å². The number of esters is 1. The summed E-state index contributed by atoms with van der Waals surface area (Å²) in [7, 11) is 1.21. The highest BCUT2D eigenvalue weighted by atomic mass is 16.5. The molecule has 0 aliphatic carbocycles. The van der Waals surface area contributed by atoms with Crippen LogP contribution in [0.5, 0.6) is 11.5 Å². The van der Waals surface area contributed by atoms with Crippen LogP contribution in [0.25, 0.3) is 10.9 Å². The lowest BCUT2D eigenvalue weighted by molar-refractivity contribution is -0.140. The number of phenols is 2. The van der Waals surface area contributed by atoms with Crippen molar-refractivity contribution in [1.82, 2.24) is 4.98 Å². The Kier molecular flexibility index (Phi) is 5.95. The number of ether oxygens (including phenoxy) is 1. The third kappa shape index (κ3) is 4.21. The zero-order valence-corrected chi connectivity index (χ0v) is 17.7. The molecule has 33 heavy (non-hydrogen) atoms. The third-order valence-electron chi connectivity index (χ3n) is 5.58. The van der Waals surface area contributed by atoms with E-state index in [1.165, 1.54) is 19.2 Å². The van der Waals surface area contributed by atoms with E-state index in [-0.39, 0.29) is 28.9 Å². The number of carbonyl (C=O) groups excluding carboxylic acids is 2. The minimum absolute atomic E-state index is 0.0546. The van der Waals surface area contributed by atoms with Crippen molar-refractivity contribution in [3.05, 3.63) is 105 Å². The average molecular weight is 443 g/mol. The average Bonchev–Trinajstić information content (AvgIpc) is 2.83. The summed E-state index contributed by atoms with van der Waals surface area (Å²) < 4.78 is 4.80. The maximum atomic E-state index is 13.0. The molecule has 0 aliphatic heterocycles. The van der Waals surface area contributed by atoms with Crippen LogP contribution in [0.4, 0.5) is 0 Å². The number of fused-ring (bicyclic) bond motifs is 1. The van der Waals surface area contributed by atoms with Crippen LogP contribution in [0, 0.1) is 0 Å². The van der Waals surface area contributed by atoms with Gasteiger partial charge in [-0.3, -0.25) is 14.4 Å². The highest BCUT2D eigenvalue weighted by molar-refractivity contribution is 6.11. The Bertz CT molecular complexity index is 1410. The summed E-state index contributed by atoms with van der Waals surface area (Å²) in [6.45, 7) is 0. The molecule has 3 aromatic carbocycles. The van der Waals surface area contributed by atoms with Crippen molar-refractivity contribution in [2.45, 2.75) is 12.3 Å². The summed E-state index contributed by atoms with van der Waals surface area (Å²) in [5, 5.41) is 22.4. The van der Waals surface area contributed by atoms with Crippen LogP contribution in [-0.4, -0.2) is 34.1 Å². The number of methoxy groups -OCH3 is 1. The van der Waals surface area contributed by atoms with E-state index in [0.717, 1.165) is 0 Å². The highest BCUT2D eigenvalue weighted by Crippen LogP contribution is 2.42. The van der Waals surface area contributed by atoms with E-state index in [1.807, 2.05) is 0 Å². The molecule has 0 unspecified atom stereocenters. The summed E-state index contributed by atoms with van der Waals surface area (Å²) >= 11 is 0. The number of pyridine rings is 1. The molecule has 0 spiro atoms. The summed E-state index contributed by atoms with van der Waals surface area (Å²) in [4.78, 5) is 41.0. The summed E-state index contributed by atoms with van der Waals surface area (Å²) in [5.74, 6) is -3.01. The highest BCUT2D eigenvalue weighted by Gasteiger charge is 2.30. The zero-order chi connectivity index (χ0) is 23.5. The van der Waals surface area contributed by atoms with Gasteiger partial charge in [-0.15, -0.1) is 0 Å². The van der Waals surface area contributed by atoms with Crippen molar-refractivity contribution in [2.75, 3.05) is 7.11 Å². The van der Waals surface area contributed by atoms with Gasteiger partial charge in [-0.05, 0) is 29.7 Å². The van der Waals surface area contributed by atoms with Crippen molar-refractivity contribution >= 4 is 22.7 Å².